The minimum Gasteiger partial charge on any atom is -0.364 e. The van der Waals surface area contributed by atoms with Crippen LogP contribution in [0.2, 0.25) is 0 Å². The predicted molar refractivity (Wildman–Crippen MR) is 68.1 cm³/mol. The average molecular weight is 382 g/mol. The largest absolute Gasteiger partial charge is 0.417 e. The molecule has 0 aliphatic carbocycles. The summed E-state index contributed by atoms with van der Waals surface area (Å²) in [5, 5.41) is 9.19. The van der Waals surface area contributed by atoms with Gasteiger partial charge in [0.15, 0.2) is 5.69 Å². The highest BCUT2D eigenvalue weighted by Gasteiger charge is 2.36. The summed E-state index contributed by atoms with van der Waals surface area (Å²) in [5.41, 5.74) is 3.43. The average Bonchev–Trinajstić information content (AvgIpc) is 2.76. The minimum absolute atomic E-state index is 0.204. The monoisotopic (exact) mass is 382 g/mol. The number of nitrogens with two attached hydrogens (primary N) is 1. The Morgan fingerprint density at radius 2 is 2.00 bits per heavy atom. The lowest BCUT2D eigenvalue weighted by Crippen LogP contribution is -2.15. The maximum atomic E-state index is 13.0. The molecule has 0 saturated carbocycles. The van der Waals surface area contributed by atoms with E-state index in [1.807, 2.05) is 0 Å². The molecule has 0 fully saturated rings. The van der Waals surface area contributed by atoms with Gasteiger partial charge in [-0.3, -0.25) is 4.79 Å². The lowest BCUT2D eigenvalue weighted by Gasteiger charge is -2.13. The smallest absolute Gasteiger partial charge is 0.364 e. The van der Waals surface area contributed by atoms with Gasteiger partial charge in [-0.25, -0.2) is 0 Å². The van der Waals surface area contributed by atoms with Gasteiger partial charge >= 0.3 is 6.18 Å². The van der Waals surface area contributed by atoms with Crippen LogP contribution in [0.15, 0.2) is 18.2 Å². The van der Waals surface area contributed by atoms with Crippen LogP contribution in [0.5, 0.6) is 0 Å². The van der Waals surface area contributed by atoms with Crippen LogP contribution in [0.3, 0.4) is 0 Å². The number of benzene rings is 1. The third-order valence-corrected chi connectivity index (χ3v) is 3.24. The van der Waals surface area contributed by atoms with Crippen molar-refractivity contribution in [2.24, 2.45) is 5.73 Å². The number of carbonyl (C=O) groups excluding carboxylic acids is 1. The number of primary amides is 1. The molecule has 1 aromatic carbocycles. The number of H-pyrrole nitrogens is 1. The zero-order valence-electron chi connectivity index (χ0n) is 9.12. The lowest BCUT2D eigenvalue weighted by molar-refractivity contribution is -0.137. The molecule has 3 N–H and O–H groups in total. The van der Waals surface area contributed by atoms with Gasteiger partial charge in [-0.15, -0.1) is 0 Å². The summed E-state index contributed by atoms with van der Waals surface area (Å²) in [6.07, 6.45) is -4.57. The predicted octanol–water partition coefficient (Wildman–Crippen LogP) is 2.19. The van der Waals surface area contributed by atoms with Gasteiger partial charge in [0, 0.05) is 9.13 Å². The molecular formula is C10H6F3IN4O. The van der Waals surface area contributed by atoms with Crippen LogP contribution in [0.25, 0.3) is 11.3 Å². The normalized spacial score (nSPS) is 11.6. The topological polar surface area (TPSA) is 84.7 Å². The first-order chi connectivity index (χ1) is 8.82. The molecule has 0 saturated heterocycles. The molecule has 2 rings (SSSR count). The summed E-state index contributed by atoms with van der Waals surface area (Å²) in [5.74, 6) is -0.948. The Morgan fingerprint density at radius 3 is 2.58 bits per heavy atom. The van der Waals surface area contributed by atoms with Crippen molar-refractivity contribution in [3.8, 4) is 11.3 Å². The van der Waals surface area contributed by atoms with E-state index >= 15 is 0 Å². The van der Waals surface area contributed by atoms with Gasteiger partial charge in [0.2, 0.25) is 0 Å². The third-order valence-electron chi connectivity index (χ3n) is 2.34. The first-order valence-electron chi connectivity index (χ1n) is 4.89. The summed E-state index contributed by atoms with van der Waals surface area (Å²) >= 11 is 1.73. The Morgan fingerprint density at radius 1 is 1.32 bits per heavy atom. The van der Waals surface area contributed by atoms with Crippen molar-refractivity contribution in [2.75, 3.05) is 0 Å². The summed E-state index contributed by atoms with van der Waals surface area (Å²) < 4.78 is 39.2. The number of nitrogens with one attached hydrogen (secondary N) is 1. The van der Waals surface area contributed by atoms with Crippen molar-refractivity contribution >= 4 is 28.5 Å². The summed E-state index contributed by atoms with van der Waals surface area (Å²) in [6.45, 7) is 0. The number of aromatic nitrogens is 3. The van der Waals surface area contributed by atoms with Crippen LogP contribution in [-0.4, -0.2) is 21.3 Å². The molecule has 1 aromatic heterocycles. The number of hydrogen-bond donors (Lipinski definition) is 2. The molecule has 1 heterocycles. The Labute approximate surface area is 118 Å². The molecule has 1 amide bonds. The number of halogens is 4. The van der Waals surface area contributed by atoms with Gasteiger partial charge in [0.05, 0.1) is 5.56 Å². The molecular weight excluding hydrogens is 376 g/mol. The standard InChI is InChI=1S/C10H6F3IN4O/c11-10(12,13)4-2-1-3-5(14)6(4)7-8(9(15)19)17-18-16-7/h1-3H,(H2,15,19)(H,16,17,18). The number of carbonyl (C=O) groups is 1. The highest BCUT2D eigenvalue weighted by Crippen LogP contribution is 2.39. The Balaban J connectivity index is 2.75. The molecule has 5 nitrogen and oxygen atoms in total. The fourth-order valence-electron chi connectivity index (χ4n) is 1.58. The van der Waals surface area contributed by atoms with Crippen molar-refractivity contribution in [3.05, 3.63) is 33.0 Å². The molecule has 0 unspecified atom stereocenters. The Bertz CT molecular complexity index is 638. The van der Waals surface area contributed by atoms with Crippen LogP contribution in [0.4, 0.5) is 13.2 Å². The van der Waals surface area contributed by atoms with Crippen LogP contribution in [0.1, 0.15) is 16.1 Å². The zero-order chi connectivity index (χ0) is 14.2. The van der Waals surface area contributed by atoms with Crippen molar-refractivity contribution in [1.82, 2.24) is 15.4 Å². The summed E-state index contributed by atoms with van der Waals surface area (Å²) in [4.78, 5) is 11.1. The zero-order valence-corrected chi connectivity index (χ0v) is 11.3. The van der Waals surface area contributed by atoms with E-state index in [9.17, 15) is 18.0 Å². The van der Waals surface area contributed by atoms with E-state index in [0.29, 0.717) is 3.57 Å². The molecule has 0 radical (unpaired) electrons. The second-order valence-corrected chi connectivity index (χ2v) is 4.71. The first-order valence-corrected chi connectivity index (χ1v) is 5.97. The van der Waals surface area contributed by atoms with Gasteiger partial charge in [-0.05, 0) is 34.7 Å². The van der Waals surface area contributed by atoms with E-state index in [2.05, 4.69) is 15.4 Å². The summed E-state index contributed by atoms with van der Waals surface area (Å²) in [7, 11) is 0. The van der Waals surface area contributed by atoms with Crippen molar-refractivity contribution in [1.29, 1.82) is 0 Å². The molecule has 19 heavy (non-hydrogen) atoms. The highest BCUT2D eigenvalue weighted by molar-refractivity contribution is 14.1. The van der Waals surface area contributed by atoms with E-state index in [1.54, 1.807) is 22.6 Å². The van der Waals surface area contributed by atoms with Crippen LogP contribution in [-0.2, 0) is 6.18 Å². The van der Waals surface area contributed by atoms with E-state index < -0.39 is 17.6 Å². The van der Waals surface area contributed by atoms with Crippen molar-refractivity contribution < 1.29 is 18.0 Å². The molecule has 0 bridgehead atoms. The number of amides is 1. The quantitative estimate of drug-likeness (QED) is 0.782. The summed E-state index contributed by atoms with van der Waals surface area (Å²) in [6, 6.07) is 3.67. The maximum Gasteiger partial charge on any atom is 0.417 e. The van der Waals surface area contributed by atoms with Gasteiger partial charge in [0.25, 0.3) is 5.91 Å². The maximum absolute atomic E-state index is 13.0. The minimum atomic E-state index is -4.57. The van der Waals surface area contributed by atoms with Gasteiger partial charge < -0.3 is 5.73 Å². The molecule has 0 atom stereocenters. The number of aromatic amines is 1. The van der Waals surface area contributed by atoms with E-state index in [4.69, 9.17) is 5.73 Å². The number of rotatable bonds is 2. The van der Waals surface area contributed by atoms with Gasteiger partial charge in [-0.2, -0.15) is 28.6 Å². The van der Waals surface area contributed by atoms with Crippen molar-refractivity contribution in [3.63, 3.8) is 0 Å². The fraction of sp³-hybridized carbons (Fsp3) is 0.100. The Hall–Kier alpha value is -1.65. The molecule has 2 aromatic rings. The van der Waals surface area contributed by atoms with Crippen LogP contribution < -0.4 is 5.73 Å². The molecule has 9 heteroatoms. The lowest BCUT2D eigenvalue weighted by atomic mass is 10.0. The second-order valence-electron chi connectivity index (χ2n) is 3.55. The van der Waals surface area contributed by atoms with E-state index in [-0.39, 0.29) is 17.0 Å². The molecule has 0 aliphatic heterocycles. The first kappa shape index (κ1) is 13.8. The molecule has 0 spiro atoms. The van der Waals surface area contributed by atoms with E-state index in [1.165, 1.54) is 12.1 Å². The second kappa shape index (κ2) is 4.79. The SMILES string of the molecule is NC(=O)c1n[nH]nc1-c1c(I)cccc1C(F)(F)F. The third kappa shape index (κ3) is 2.55. The van der Waals surface area contributed by atoms with E-state index in [0.717, 1.165) is 6.07 Å². The molecule has 0 aliphatic rings. The van der Waals surface area contributed by atoms with Gasteiger partial charge in [-0.1, -0.05) is 6.07 Å². The van der Waals surface area contributed by atoms with Crippen LogP contribution in [0, 0.1) is 3.57 Å². The molecule has 100 valence electrons. The van der Waals surface area contributed by atoms with Gasteiger partial charge in [0.1, 0.15) is 5.69 Å². The number of alkyl halides is 3. The Kier molecular flexibility index (Phi) is 3.47. The fourth-order valence-corrected chi connectivity index (χ4v) is 2.33. The highest BCUT2D eigenvalue weighted by atomic mass is 127. The number of hydrogen-bond acceptors (Lipinski definition) is 3. The van der Waals surface area contributed by atoms with Crippen molar-refractivity contribution in [2.45, 2.75) is 6.18 Å². The number of nitrogens with zero attached hydrogens (tertiary/aromatic N) is 2. The van der Waals surface area contributed by atoms with Crippen LogP contribution >= 0.6 is 22.6 Å².